The van der Waals surface area contributed by atoms with Crippen molar-refractivity contribution in [2.75, 3.05) is 6.26 Å². The Hall–Kier alpha value is -1.07. The average Bonchev–Trinajstić information content (AvgIpc) is 2.49. The maximum absolute atomic E-state index is 12.7. The van der Waals surface area contributed by atoms with Crippen LogP contribution in [0, 0.1) is 23.7 Å². The van der Waals surface area contributed by atoms with E-state index >= 15 is 0 Å². The van der Waals surface area contributed by atoms with E-state index in [1.165, 1.54) is 44.2 Å². The van der Waals surface area contributed by atoms with Gasteiger partial charge in [0, 0.05) is 17.9 Å². The first-order valence-electron chi connectivity index (χ1n) is 8.61. The number of amides is 1. The first-order chi connectivity index (χ1) is 11.3. The van der Waals surface area contributed by atoms with Gasteiger partial charge in [0.2, 0.25) is 0 Å². The summed E-state index contributed by atoms with van der Waals surface area (Å²) in [6, 6.07) is 4.72. The molecule has 0 radical (unpaired) electrons. The molecule has 1 aromatic rings. The zero-order chi connectivity index (χ0) is 17.1. The third-order valence-corrected chi connectivity index (χ3v) is 7.70. The number of carbonyl (C=O) groups excluding carboxylic acids is 1. The maximum Gasteiger partial charge on any atom is 0.251 e. The van der Waals surface area contributed by atoms with Crippen molar-refractivity contribution in [3.8, 4) is 0 Å². The van der Waals surface area contributed by atoms with Crippen LogP contribution in [0.5, 0.6) is 0 Å². The van der Waals surface area contributed by atoms with Gasteiger partial charge >= 0.3 is 0 Å². The molecule has 24 heavy (non-hydrogen) atoms. The number of nitrogens with one attached hydrogen (secondary N) is 1. The van der Waals surface area contributed by atoms with Crippen molar-refractivity contribution in [2.24, 2.45) is 23.7 Å². The van der Waals surface area contributed by atoms with E-state index in [-0.39, 0.29) is 21.9 Å². The summed E-state index contributed by atoms with van der Waals surface area (Å²) >= 11 is 5.97. The molecule has 0 heterocycles. The third kappa shape index (κ3) is 2.86. The second kappa shape index (κ2) is 5.73. The topological polar surface area (TPSA) is 63.2 Å². The quantitative estimate of drug-likeness (QED) is 0.891. The van der Waals surface area contributed by atoms with Crippen molar-refractivity contribution in [1.82, 2.24) is 5.32 Å². The molecule has 4 fully saturated rings. The van der Waals surface area contributed by atoms with Crippen LogP contribution in [0.1, 0.15) is 42.5 Å². The maximum atomic E-state index is 12.7. The molecule has 4 saturated carbocycles. The highest BCUT2D eigenvalue weighted by molar-refractivity contribution is 7.90. The molecule has 0 spiro atoms. The van der Waals surface area contributed by atoms with Gasteiger partial charge in [-0.1, -0.05) is 11.6 Å². The largest absolute Gasteiger partial charge is 0.349 e. The van der Waals surface area contributed by atoms with Gasteiger partial charge < -0.3 is 5.32 Å². The number of hydrogen-bond acceptors (Lipinski definition) is 3. The van der Waals surface area contributed by atoms with Crippen molar-refractivity contribution in [3.05, 3.63) is 28.8 Å². The second-order valence-electron chi connectivity index (χ2n) is 7.85. The molecule has 1 aromatic carbocycles. The van der Waals surface area contributed by atoms with E-state index in [9.17, 15) is 13.2 Å². The summed E-state index contributed by atoms with van der Waals surface area (Å²) < 4.78 is 23.6. The Kier molecular flexibility index (Phi) is 3.92. The molecule has 5 rings (SSSR count). The molecule has 1 amide bonds. The smallest absolute Gasteiger partial charge is 0.251 e. The van der Waals surface area contributed by atoms with E-state index < -0.39 is 9.84 Å². The summed E-state index contributed by atoms with van der Waals surface area (Å²) in [5, 5.41) is 3.36. The summed E-state index contributed by atoms with van der Waals surface area (Å²) in [6.07, 6.45) is 7.40. The molecule has 0 saturated heterocycles. The molecule has 0 unspecified atom stereocenters. The van der Waals surface area contributed by atoms with Crippen LogP contribution in [-0.2, 0) is 9.84 Å². The second-order valence-corrected chi connectivity index (χ2v) is 10.2. The normalized spacial score (nSPS) is 34.3. The molecule has 4 bridgehead atoms. The van der Waals surface area contributed by atoms with Crippen LogP contribution in [0.25, 0.3) is 0 Å². The van der Waals surface area contributed by atoms with E-state index in [2.05, 4.69) is 5.32 Å². The van der Waals surface area contributed by atoms with Gasteiger partial charge in [0.25, 0.3) is 5.91 Å². The van der Waals surface area contributed by atoms with Gasteiger partial charge in [-0.05, 0) is 74.0 Å². The zero-order valence-electron chi connectivity index (χ0n) is 13.7. The van der Waals surface area contributed by atoms with Crippen molar-refractivity contribution >= 4 is 27.3 Å². The van der Waals surface area contributed by atoms with Gasteiger partial charge in [-0.2, -0.15) is 0 Å². The summed E-state index contributed by atoms with van der Waals surface area (Å²) in [5.41, 5.74) is 0.369. The van der Waals surface area contributed by atoms with Gasteiger partial charge in [0.1, 0.15) is 0 Å². The lowest BCUT2D eigenvalue weighted by atomic mass is 9.54. The number of rotatable bonds is 3. The molecule has 4 aliphatic rings. The Balaban J connectivity index is 1.55. The fourth-order valence-corrected chi connectivity index (χ4v) is 6.63. The highest BCUT2D eigenvalue weighted by Crippen LogP contribution is 2.53. The molecular weight excluding hydrogens is 346 g/mol. The van der Waals surface area contributed by atoms with E-state index in [0.717, 1.165) is 18.1 Å². The molecule has 4 aliphatic carbocycles. The van der Waals surface area contributed by atoms with Crippen LogP contribution in [0.4, 0.5) is 0 Å². The van der Waals surface area contributed by atoms with Gasteiger partial charge in [-0.15, -0.1) is 0 Å². The van der Waals surface area contributed by atoms with Gasteiger partial charge in [0.15, 0.2) is 9.84 Å². The first kappa shape index (κ1) is 16.4. The summed E-state index contributed by atoms with van der Waals surface area (Å²) in [5.74, 6) is 2.70. The number of hydrogen-bond donors (Lipinski definition) is 1. The fourth-order valence-electron chi connectivity index (χ4n) is 5.32. The lowest BCUT2D eigenvalue weighted by Crippen LogP contribution is -2.55. The van der Waals surface area contributed by atoms with Crippen LogP contribution in [-0.4, -0.2) is 26.6 Å². The minimum Gasteiger partial charge on any atom is -0.349 e. The minimum atomic E-state index is -3.45. The average molecular weight is 368 g/mol. The zero-order valence-corrected chi connectivity index (χ0v) is 15.2. The summed E-state index contributed by atoms with van der Waals surface area (Å²) in [6.45, 7) is 0. The highest BCUT2D eigenvalue weighted by atomic mass is 35.5. The van der Waals surface area contributed by atoms with Crippen LogP contribution >= 0.6 is 11.6 Å². The lowest BCUT2D eigenvalue weighted by Gasteiger charge is -2.54. The van der Waals surface area contributed by atoms with E-state index in [1.807, 2.05) is 0 Å². The van der Waals surface area contributed by atoms with Gasteiger partial charge in [-0.3, -0.25) is 4.79 Å². The van der Waals surface area contributed by atoms with E-state index in [1.54, 1.807) is 6.07 Å². The molecule has 0 aromatic heterocycles. The van der Waals surface area contributed by atoms with Crippen LogP contribution in [0.3, 0.4) is 0 Å². The molecule has 0 aliphatic heterocycles. The first-order valence-corrected chi connectivity index (χ1v) is 10.9. The molecule has 4 nitrogen and oxygen atoms in total. The fraction of sp³-hybridized carbons (Fsp3) is 0.611. The van der Waals surface area contributed by atoms with E-state index in [4.69, 9.17) is 11.6 Å². The van der Waals surface area contributed by atoms with Crippen molar-refractivity contribution in [3.63, 3.8) is 0 Å². The van der Waals surface area contributed by atoms with Crippen molar-refractivity contribution in [2.45, 2.75) is 43.0 Å². The summed E-state index contributed by atoms with van der Waals surface area (Å²) in [7, 11) is -3.45. The van der Waals surface area contributed by atoms with Gasteiger partial charge in [-0.25, -0.2) is 8.42 Å². The molecule has 1 N–H and O–H groups in total. The Labute approximate surface area is 147 Å². The predicted octanol–water partition coefficient (Wildman–Crippen LogP) is 3.30. The highest BCUT2D eigenvalue weighted by Gasteiger charge is 2.48. The lowest BCUT2D eigenvalue weighted by molar-refractivity contribution is -0.0119. The molecule has 0 atom stereocenters. The van der Waals surface area contributed by atoms with Crippen LogP contribution < -0.4 is 5.32 Å². The standard InChI is InChI=1S/C18H22ClNO3S/c1-24(22,23)16-9-12(2-3-15(16)19)18(21)20-17-13-5-10-4-11(7-13)8-14(17)6-10/h2-3,9-11,13-14,17H,4-8H2,1H3,(H,20,21). The molecule has 6 heteroatoms. The number of halogens is 1. The number of carbonyl (C=O) groups is 1. The van der Waals surface area contributed by atoms with Crippen LogP contribution in [0.2, 0.25) is 5.02 Å². The molecular formula is C18H22ClNO3S. The monoisotopic (exact) mass is 367 g/mol. The summed E-state index contributed by atoms with van der Waals surface area (Å²) in [4.78, 5) is 12.7. The SMILES string of the molecule is CS(=O)(=O)c1cc(C(=O)NC2C3CC4CC(C3)CC2C4)ccc1Cl. The predicted molar refractivity (Wildman–Crippen MR) is 92.9 cm³/mol. The Morgan fingerprint density at radius 2 is 1.67 bits per heavy atom. The van der Waals surface area contributed by atoms with Crippen LogP contribution in [0.15, 0.2) is 23.1 Å². The third-order valence-electron chi connectivity index (χ3n) is 6.12. The Bertz CT molecular complexity index is 761. The minimum absolute atomic E-state index is 0.0156. The number of sulfone groups is 1. The Morgan fingerprint density at radius 3 is 2.21 bits per heavy atom. The van der Waals surface area contributed by atoms with Crippen molar-refractivity contribution in [1.29, 1.82) is 0 Å². The van der Waals surface area contributed by atoms with Crippen molar-refractivity contribution < 1.29 is 13.2 Å². The molecule has 130 valence electrons. The van der Waals surface area contributed by atoms with Gasteiger partial charge in [0.05, 0.1) is 9.92 Å². The van der Waals surface area contributed by atoms with E-state index in [0.29, 0.717) is 17.4 Å². The number of benzene rings is 1. The Morgan fingerprint density at radius 1 is 1.08 bits per heavy atom.